The molecule has 1 rings (SSSR count). The van der Waals surface area contributed by atoms with Crippen molar-refractivity contribution in [1.82, 2.24) is 0 Å². The van der Waals surface area contributed by atoms with E-state index in [0.29, 0.717) is 0 Å². The predicted octanol–water partition coefficient (Wildman–Crippen LogP) is 1.03. The Balaban J connectivity index is 2.99. The van der Waals surface area contributed by atoms with E-state index in [1.54, 1.807) is 0 Å². The van der Waals surface area contributed by atoms with Gasteiger partial charge in [-0.2, -0.15) is 0 Å². The van der Waals surface area contributed by atoms with Gasteiger partial charge >= 0.3 is 0 Å². The zero-order valence-corrected chi connectivity index (χ0v) is 10.5. The van der Waals surface area contributed by atoms with Gasteiger partial charge in [0, 0.05) is 6.42 Å². The molecule has 0 aliphatic carbocycles. The molecule has 0 amide bonds. The first kappa shape index (κ1) is 14.1. The highest BCUT2D eigenvalue weighted by Crippen LogP contribution is 2.17. The first-order valence-corrected chi connectivity index (χ1v) is 6.75. The van der Waals surface area contributed by atoms with Gasteiger partial charge in [-0.25, -0.2) is 17.9 Å². The second kappa shape index (κ2) is 5.12. The van der Waals surface area contributed by atoms with E-state index in [2.05, 4.69) is 0 Å². The van der Waals surface area contributed by atoms with E-state index >= 15 is 0 Å². The van der Waals surface area contributed by atoms with Crippen LogP contribution in [0, 0.1) is 11.7 Å². The van der Waals surface area contributed by atoms with Crippen molar-refractivity contribution in [2.24, 2.45) is 11.1 Å². The van der Waals surface area contributed by atoms with Gasteiger partial charge in [-0.1, -0.05) is 19.9 Å². The molecule has 0 saturated carbocycles. The average Bonchev–Trinajstić information content (AvgIpc) is 2.19. The third kappa shape index (κ3) is 3.76. The van der Waals surface area contributed by atoms with E-state index in [4.69, 9.17) is 5.14 Å². The molecule has 0 aliphatic heterocycles. The molecule has 0 radical (unpaired) electrons. The van der Waals surface area contributed by atoms with E-state index < -0.39 is 21.9 Å². The summed E-state index contributed by atoms with van der Waals surface area (Å²) in [4.78, 5) is -0.266. The second-order valence-corrected chi connectivity index (χ2v) is 5.88. The predicted molar refractivity (Wildman–Crippen MR) is 62.3 cm³/mol. The average molecular weight is 261 g/mol. The van der Waals surface area contributed by atoms with Crippen molar-refractivity contribution in [3.63, 3.8) is 0 Å². The minimum atomic E-state index is -3.89. The van der Waals surface area contributed by atoms with Crippen LogP contribution in [0.1, 0.15) is 19.4 Å². The lowest BCUT2D eigenvalue weighted by atomic mass is 9.99. The van der Waals surface area contributed by atoms with Gasteiger partial charge in [-0.3, -0.25) is 0 Å². The lowest BCUT2D eigenvalue weighted by Crippen LogP contribution is -2.19. The number of nitrogens with two attached hydrogens (primary N) is 1. The van der Waals surface area contributed by atoms with E-state index in [-0.39, 0.29) is 22.8 Å². The number of rotatable bonds is 4. The van der Waals surface area contributed by atoms with Crippen LogP contribution < -0.4 is 5.14 Å². The summed E-state index contributed by atoms with van der Waals surface area (Å²) in [5, 5.41) is 14.5. The van der Waals surface area contributed by atoms with Crippen molar-refractivity contribution in [2.45, 2.75) is 31.3 Å². The molecule has 1 aromatic rings. The largest absolute Gasteiger partial charge is 0.393 e. The molecule has 0 saturated heterocycles. The molecule has 1 atom stereocenters. The molecular weight excluding hydrogens is 245 g/mol. The molecule has 0 fully saturated rings. The van der Waals surface area contributed by atoms with Crippen molar-refractivity contribution >= 4 is 10.0 Å². The molecule has 0 bridgehead atoms. The lowest BCUT2D eigenvalue weighted by Gasteiger charge is -2.14. The first-order valence-electron chi connectivity index (χ1n) is 5.21. The molecular formula is C11H16FNO3S. The molecule has 0 spiro atoms. The Morgan fingerprint density at radius 1 is 1.41 bits per heavy atom. The molecule has 6 heteroatoms. The topological polar surface area (TPSA) is 80.4 Å². The molecule has 17 heavy (non-hydrogen) atoms. The fraction of sp³-hybridized carbons (Fsp3) is 0.455. The van der Waals surface area contributed by atoms with Crippen molar-refractivity contribution in [1.29, 1.82) is 0 Å². The molecule has 3 N–H and O–H groups in total. The smallest absolute Gasteiger partial charge is 0.238 e. The Bertz CT molecular complexity index is 499. The fourth-order valence-electron chi connectivity index (χ4n) is 1.33. The Morgan fingerprint density at radius 3 is 2.41 bits per heavy atom. The number of hydrogen-bond acceptors (Lipinski definition) is 3. The summed E-state index contributed by atoms with van der Waals surface area (Å²) in [6.07, 6.45) is -0.515. The van der Waals surface area contributed by atoms with Crippen LogP contribution >= 0.6 is 0 Å². The molecule has 96 valence electrons. The molecule has 0 aromatic heterocycles. The minimum absolute atomic E-state index is 0.00678. The number of hydrogen-bond donors (Lipinski definition) is 2. The Morgan fingerprint density at radius 2 is 2.00 bits per heavy atom. The minimum Gasteiger partial charge on any atom is -0.393 e. The van der Waals surface area contributed by atoms with Crippen LogP contribution in [-0.4, -0.2) is 19.6 Å². The summed E-state index contributed by atoms with van der Waals surface area (Å²) in [5.74, 6) is -0.663. The molecule has 1 unspecified atom stereocenters. The third-order valence-electron chi connectivity index (χ3n) is 2.55. The second-order valence-electron chi connectivity index (χ2n) is 4.31. The Labute approximate surface area is 100 Å². The van der Waals surface area contributed by atoms with Gasteiger partial charge in [-0.15, -0.1) is 0 Å². The maximum atomic E-state index is 13.6. The van der Waals surface area contributed by atoms with Gasteiger partial charge in [0.1, 0.15) is 5.82 Å². The summed E-state index contributed by atoms with van der Waals surface area (Å²) >= 11 is 0. The maximum absolute atomic E-state index is 13.6. The monoisotopic (exact) mass is 261 g/mol. The number of benzene rings is 1. The van der Waals surface area contributed by atoms with Gasteiger partial charge < -0.3 is 5.11 Å². The van der Waals surface area contributed by atoms with Crippen LogP contribution in [0.4, 0.5) is 4.39 Å². The zero-order chi connectivity index (χ0) is 13.2. The fourth-order valence-corrected chi connectivity index (χ4v) is 1.86. The van der Waals surface area contributed by atoms with Crippen LogP contribution in [0.3, 0.4) is 0 Å². The van der Waals surface area contributed by atoms with Gasteiger partial charge in [-0.05, 0) is 23.6 Å². The highest BCUT2D eigenvalue weighted by atomic mass is 32.2. The van der Waals surface area contributed by atoms with E-state index in [1.165, 1.54) is 12.1 Å². The number of halogens is 1. The summed E-state index contributed by atoms with van der Waals surface area (Å²) in [5.41, 5.74) is 0.276. The zero-order valence-electron chi connectivity index (χ0n) is 9.72. The van der Waals surface area contributed by atoms with Crippen LogP contribution in [0.2, 0.25) is 0 Å². The van der Waals surface area contributed by atoms with Gasteiger partial charge in [0.2, 0.25) is 10.0 Å². The van der Waals surface area contributed by atoms with Gasteiger partial charge in [0.05, 0.1) is 11.0 Å². The lowest BCUT2D eigenvalue weighted by molar-refractivity contribution is 0.124. The number of sulfonamides is 1. The Hall–Kier alpha value is -0.980. The van der Waals surface area contributed by atoms with Gasteiger partial charge in [0.25, 0.3) is 0 Å². The summed E-state index contributed by atoms with van der Waals surface area (Å²) in [7, 11) is -3.89. The number of primary sulfonamides is 1. The van der Waals surface area contributed by atoms with Crippen LogP contribution in [0.15, 0.2) is 23.1 Å². The summed E-state index contributed by atoms with van der Waals surface area (Å²) in [6.45, 7) is 3.64. The summed E-state index contributed by atoms with van der Waals surface area (Å²) in [6, 6.07) is 3.44. The van der Waals surface area contributed by atoms with Crippen molar-refractivity contribution < 1.29 is 17.9 Å². The molecule has 0 heterocycles. The highest BCUT2D eigenvalue weighted by Gasteiger charge is 2.15. The first-order chi connectivity index (χ1) is 7.71. The van der Waals surface area contributed by atoms with Crippen LogP contribution in [-0.2, 0) is 16.4 Å². The van der Waals surface area contributed by atoms with Crippen molar-refractivity contribution in [3.8, 4) is 0 Å². The SMILES string of the molecule is CC(C)C(O)Cc1ccc(S(N)(=O)=O)cc1F. The molecule has 4 nitrogen and oxygen atoms in total. The highest BCUT2D eigenvalue weighted by molar-refractivity contribution is 7.89. The standard InChI is InChI=1S/C11H16FNO3S/c1-7(2)11(14)5-8-3-4-9(6-10(8)12)17(13,15)16/h3-4,6-7,11,14H,5H2,1-2H3,(H2,13,15,16). The van der Waals surface area contributed by atoms with Crippen molar-refractivity contribution in [3.05, 3.63) is 29.6 Å². The number of aliphatic hydroxyl groups excluding tert-OH is 1. The molecule has 0 aliphatic rings. The third-order valence-corrected chi connectivity index (χ3v) is 3.46. The van der Waals surface area contributed by atoms with E-state index in [1.807, 2.05) is 13.8 Å². The number of aliphatic hydroxyl groups is 1. The van der Waals surface area contributed by atoms with Crippen molar-refractivity contribution in [2.75, 3.05) is 0 Å². The maximum Gasteiger partial charge on any atom is 0.238 e. The normalized spacial score (nSPS) is 14.0. The Kier molecular flexibility index (Phi) is 4.24. The van der Waals surface area contributed by atoms with E-state index in [0.717, 1.165) is 6.07 Å². The van der Waals surface area contributed by atoms with Gasteiger partial charge in [0.15, 0.2) is 0 Å². The van der Waals surface area contributed by atoms with E-state index in [9.17, 15) is 17.9 Å². The molecule has 1 aromatic carbocycles. The quantitative estimate of drug-likeness (QED) is 0.849. The van der Waals surface area contributed by atoms with Crippen LogP contribution in [0.5, 0.6) is 0 Å². The van der Waals surface area contributed by atoms with Crippen LogP contribution in [0.25, 0.3) is 0 Å². The summed E-state index contributed by atoms with van der Waals surface area (Å²) < 4.78 is 35.6.